The zero-order valence-electron chi connectivity index (χ0n) is 14.0. The maximum absolute atomic E-state index is 11.4. The van der Waals surface area contributed by atoms with Crippen molar-refractivity contribution in [2.75, 3.05) is 0 Å². The van der Waals surface area contributed by atoms with Crippen molar-refractivity contribution >= 4 is 28.8 Å². The minimum atomic E-state index is -0.900. The van der Waals surface area contributed by atoms with Crippen molar-refractivity contribution < 1.29 is 10.4 Å². The summed E-state index contributed by atoms with van der Waals surface area (Å²) in [4.78, 5) is 6.04. The fraction of sp³-hybridized carbons (Fsp3) is 0.0952. The quantitative estimate of drug-likeness (QED) is 0.677. The van der Waals surface area contributed by atoms with Crippen LogP contribution in [0.25, 0.3) is 0 Å². The first kappa shape index (κ1) is 17.0. The van der Waals surface area contributed by atoms with Gasteiger partial charge in [-0.3, -0.25) is 4.99 Å². The molecule has 0 fully saturated rings. The van der Waals surface area contributed by atoms with Gasteiger partial charge >= 0.3 is 0 Å². The van der Waals surface area contributed by atoms with Gasteiger partial charge in [-0.25, -0.2) is 5.21 Å². The molecule has 1 heterocycles. The summed E-state index contributed by atoms with van der Waals surface area (Å²) in [5.41, 5.74) is 4.42. The van der Waals surface area contributed by atoms with Crippen LogP contribution in [0.3, 0.4) is 0 Å². The van der Waals surface area contributed by atoms with Crippen molar-refractivity contribution in [3.05, 3.63) is 95.2 Å². The molecule has 3 aromatic rings. The van der Waals surface area contributed by atoms with Crippen LogP contribution in [0.1, 0.15) is 22.8 Å². The van der Waals surface area contributed by atoms with Crippen LogP contribution in [0.5, 0.6) is 0 Å². The first-order valence-corrected chi connectivity index (χ1v) is 9.30. The molecule has 0 aromatic heterocycles. The molecular weight excluding hydrogens is 344 g/mol. The van der Waals surface area contributed by atoms with Crippen molar-refractivity contribution in [3.63, 3.8) is 0 Å². The van der Waals surface area contributed by atoms with E-state index in [0.29, 0.717) is 5.69 Å². The monoisotopic (exact) mass is 362 g/mol. The first-order chi connectivity index (χ1) is 12.7. The summed E-state index contributed by atoms with van der Waals surface area (Å²) in [6.07, 6.45) is 0.742. The van der Waals surface area contributed by atoms with Gasteiger partial charge in [0, 0.05) is 34.4 Å². The number of quaternary nitrogens is 1. The van der Waals surface area contributed by atoms with Gasteiger partial charge in [0.15, 0.2) is 5.69 Å². The lowest BCUT2D eigenvalue weighted by atomic mass is 10.0. The van der Waals surface area contributed by atoms with Crippen LogP contribution in [0, 0.1) is 5.21 Å². The van der Waals surface area contributed by atoms with Gasteiger partial charge in [0.25, 0.3) is 0 Å². The molecule has 0 spiro atoms. The molecule has 2 atom stereocenters. The number of benzene rings is 3. The van der Waals surface area contributed by atoms with Crippen LogP contribution in [0.15, 0.2) is 88.8 Å². The van der Waals surface area contributed by atoms with Crippen LogP contribution in [-0.4, -0.2) is 10.9 Å². The van der Waals surface area contributed by atoms with E-state index in [2.05, 4.69) is 18.2 Å². The zero-order chi connectivity index (χ0) is 17.9. The van der Waals surface area contributed by atoms with Crippen molar-refractivity contribution in [2.24, 2.45) is 4.99 Å². The Bertz CT molecular complexity index is 942. The molecule has 4 rings (SSSR count). The molecule has 0 aliphatic carbocycles. The average molecular weight is 362 g/mol. The number of aliphatic imine (C=N–C) groups is 1. The summed E-state index contributed by atoms with van der Waals surface area (Å²) in [5, 5.41) is 19.9. The van der Waals surface area contributed by atoms with E-state index in [9.17, 15) is 10.4 Å². The second-order valence-electron chi connectivity index (χ2n) is 6.13. The second kappa shape index (κ2) is 7.43. The Morgan fingerprint density at radius 3 is 2.54 bits per heavy atom. The summed E-state index contributed by atoms with van der Waals surface area (Å²) >= 11 is 1.74. The lowest BCUT2D eigenvalue weighted by Crippen LogP contribution is -2.99. The average Bonchev–Trinajstić information content (AvgIpc) is 2.88. The van der Waals surface area contributed by atoms with Crippen molar-refractivity contribution in [2.45, 2.75) is 16.6 Å². The highest BCUT2D eigenvalue weighted by Crippen LogP contribution is 2.45. The van der Waals surface area contributed by atoms with Gasteiger partial charge in [-0.05, 0) is 23.3 Å². The zero-order valence-corrected chi connectivity index (χ0v) is 14.8. The van der Waals surface area contributed by atoms with E-state index in [0.717, 1.165) is 33.8 Å². The van der Waals surface area contributed by atoms with E-state index < -0.39 is 5.23 Å². The molecule has 1 aliphatic rings. The van der Waals surface area contributed by atoms with Gasteiger partial charge in [-0.15, -0.1) is 11.8 Å². The second-order valence-corrected chi connectivity index (χ2v) is 7.38. The third-order valence-electron chi connectivity index (χ3n) is 4.38. The molecule has 0 saturated heterocycles. The topological polar surface area (TPSA) is 60.1 Å². The maximum Gasteiger partial charge on any atom is 0.164 e. The normalized spacial score (nSPS) is 17.8. The van der Waals surface area contributed by atoms with Gasteiger partial charge in [-0.1, -0.05) is 54.6 Å². The molecule has 0 bridgehead atoms. The molecule has 0 amide bonds. The highest BCUT2D eigenvalue weighted by Gasteiger charge is 2.23. The van der Waals surface area contributed by atoms with Crippen molar-refractivity contribution in [3.8, 4) is 0 Å². The molecule has 0 radical (unpaired) electrons. The molecular formula is C21H18N2O2S. The third kappa shape index (κ3) is 3.57. The minimum absolute atomic E-state index is 0.108. The molecule has 2 N–H and O–H groups in total. The van der Waals surface area contributed by atoms with Gasteiger partial charge in [0.1, 0.15) is 0 Å². The summed E-state index contributed by atoms with van der Waals surface area (Å²) < 4.78 is 0. The standard InChI is InChI=1S/C21H18N2O2S/c24-23(25)17-10-6-9-16(13-17)21-14-19(15-7-2-1-3-8-15)22-18-11-4-5-12-20(18)26-21/h1-13,21,23-24H,14H2. The van der Waals surface area contributed by atoms with Crippen LogP contribution in [0.2, 0.25) is 0 Å². The highest BCUT2D eigenvalue weighted by molar-refractivity contribution is 7.99. The molecule has 5 heteroatoms. The third-order valence-corrected chi connectivity index (χ3v) is 5.70. The first-order valence-electron chi connectivity index (χ1n) is 8.42. The Morgan fingerprint density at radius 2 is 1.73 bits per heavy atom. The summed E-state index contributed by atoms with van der Waals surface area (Å²) in [5.74, 6) is 0. The summed E-state index contributed by atoms with van der Waals surface area (Å²) in [7, 11) is 0. The van der Waals surface area contributed by atoms with Gasteiger partial charge in [-0.2, -0.15) is 5.23 Å². The lowest BCUT2D eigenvalue weighted by Gasteiger charge is -2.18. The smallest absolute Gasteiger partial charge is 0.164 e. The number of fused-ring (bicyclic) bond motifs is 1. The predicted molar refractivity (Wildman–Crippen MR) is 105 cm³/mol. The number of para-hydroxylation sites is 1. The largest absolute Gasteiger partial charge is 0.595 e. The van der Waals surface area contributed by atoms with E-state index in [-0.39, 0.29) is 5.25 Å². The van der Waals surface area contributed by atoms with Crippen molar-refractivity contribution in [1.82, 2.24) is 0 Å². The van der Waals surface area contributed by atoms with E-state index >= 15 is 0 Å². The summed E-state index contributed by atoms with van der Waals surface area (Å²) in [6.45, 7) is 0. The van der Waals surface area contributed by atoms with E-state index in [1.54, 1.807) is 23.9 Å². The molecule has 26 heavy (non-hydrogen) atoms. The number of hydrogen-bond acceptors (Lipinski definition) is 4. The lowest BCUT2D eigenvalue weighted by molar-refractivity contribution is -0.991. The van der Waals surface area contributed by atoms with Gasteiger partial charge in [0.2, 0.25) is 0 Å². The van der Waals surface area contributed by atoms with Crippen LogP contribution in [-0.2, 0) is 0 Å². The molecule has 0 saturated carbocycles. The number of hydrogen-bond donors (Lipinski definition) is 2. The fourth-order valence-corrected chi connectivity index (χ4v) is 4.30. The van der Waals surface area contributed by atoms with Crippen LogP contribution in [0.4, 0.5) is 11.4 Å². The SMILES string of the molecule is [O-][NH+](O)c1cccc(C2CC(c3ccccc3)=Nc3ccccc3S2)c1. The predicted octanol–water partition coefficient (Wildman–Crippen LogP) is 4.45. The fourth-order valence-electron chi connectivity index (χ4n) is 3.08. The Morgan fingerprint density at radius 1 is 0.962 bits per heavy atom. The minimum Gasteiger partial charge on any atom is -0.595 e. The van der Waals surface area contributed by atoms with Crippen LogP contribution >= 0.6 is 11.8 Å². The Kier molecular flexibility index (Phi) is 4.86. The number of rotatable bonds is 3. The molecule has 130 valence electrons. The molecule has 1 aliphatic heterocycles. The van der Waals surface area contributed by atoms with Gasteiger partial charge in [0.05, 0.1) is 5.69 Å². The summed E-state index contributed by atoms with van der Waals surface area (Å²) in [6, 6.07) is 25.5. The van der Waals surface area contributed by atoms with Gasteiger partial charge < -0.3 is 5.21 Å². The van der Waals surface area contributed by atoms with Crippen molar-refractivity contribution in [1.29, 1.82) is 0 Å². The number of thioether (sulfide) groups is 1. The Balaban J connectivity index is 1.78. The van der Waals surface area contributed by atoms with E-state index in [4.69, 9.17) is 4.99 Å². The highest BCUT2D eigenvalue weighted by atomic mass is 32.2. The molecule has 2 unspecified atom stereocenters. The Labute approximate surface area is 156 Å². The number of nitrogens with one attached hydrogen (secondary N) is 1. The van der Waals surface area contributed by atoms with E-state index in [1.165, 1.54) is 0 Å². The maximum atomic E-state index is 11.4. The Hall–Kier alpha value is -2.44. The van der Waals surface area contributed by atoms with Crippen LogP contribution < -0.4 is 5.23 Å². The van der Waals surface area contributed by atoms with E-state index in [1.807, 2.05) is 48.5 Å². The molecule has 4 nitrogen and oxygen atoms in total. The number of nitrogens with zero attached hydrogens (tertiary/aromatic N) is 1. The molecule has 3 aromatic carbocycles.